The minimum Gasteiger partial charge on any atom is -0.370 e. The Labute approximate surface area is 178 Å². The van der Waals surface area contributed by atoms with Gasteiger partial charge in [0, 0.05) is 37.8 Å². The first-order chi connectivity index (χ1) is 14.8. The van der Waals surface area contributed by atoms with Gasteiger partial charge in [0.25, 0.3) is 0 Å². The average molecular weight is 408 g/mol. The molecule has 4 fully saturated rings. The van der Waals surface area contributed by atoms with Gasteiger partial charge >= 0.3 is 0 Å². The second-order valence-corrected chi connectivity index (χ2v) is 10.2. The zero-order valence-electron chi connectivity index (χ0n) is 17.8. The molecule has 2 bridgehead atoms. The second kappa shape index (κ2) is 7.54. The number of piperidine rings is 3. The number of rotatable bonds is 3. The number of aromatic amines is 1. The lowest BCUT2D eigenvalue weighted by Gasteiger charge is -2.57. The maximum Gasteiger partial charge on any atom is 0.223 e. The van der Waals surface area contributed by atoms with Crippen LogP contribution in [0.2, 0.25) is 0 Å². The molecule has 1 aliphatic carbocycles. The molecule has 0 radical (unpaired) electrons. The molecule has 160 valence electrons. The zero-order chi connectivity index (χ0) is 20.1. The molecule has 5 heterocycles. The number of anilines is 1. The van der Waals surface area contributed by atoms with Crippen molar-refractivity contribution in [3.05, 3.63) is 18.5 Å². The van der Waals surface area contributed by atoms with Crippen LogP contribution in [-0.4, -0.2) is 51.2 Å². The van der Waals surface area contributed by atoms with Crippen molar-refractivity contribution in [2.24, 2.45) is 17.8 Å². The smallest absolute Gasteiger partial charge is 0.223 e. The van der Waals surface area contributed by atoms with E-state index in [2.05, 4.69) is 31.0 Å². The van der Waals surface area contributed by atoms with Gasteiger partial charge in [-0.2, -0.15) is 5.10 Å². The number of carbonyl (C=O) groups is 1. The maximum atomic E-state index is 13.1. The molecular weight excluding hydrogens is 374 g/mol. The lowest BCUT2D eigenvalue weighted by Crippen LogP contribution is -2.65. The number of aromatic nitrogens is 3. The summed E-state index contributed by atoms with van der Waals surface area (Å²) in [6.07, 6.45) is 16.2. The van der Waals surface area contributed by atoms with E-state index < -0.39 is 0 Å². The van der Waals surface area contributed by atoms with E-state index in [1.807, 2.05) is 12.4 Å². The van der Waals surface area contributed by atoms with Crippen molar-refractivity contribution in [1.82, 2.24) is 20.1 Å². The van der Waals surface area contributed by atoms with Gasteiger partial charge in [-0.3, -0.25) is 9.89 Å². The highest BCUT2D eigenvalue weighted by Crippen LogP contribution is 2.45. The van der Waals surface area contributed by atoms with Crippen molar-refractivity contribution in [2.45, 2.75) is 76.3 Å². The van der Waals surface area contributed by atoms with E-state index in [1.165, 1.54) is 57.1 Å². The standard InChI is InChI=1S/C24H33N5O/c30-23-8-4-7-20-17-12-18(22(29(20)23)11-16-5-2-1-3-6-16)15-28(14-17)21-9-10-25-24-19(21)13-26-27-24/h9-10,13,16-18,20,22H,1-8,11-12,14-15H2,(H,25,26,27)/t17-,18+,20+,22+/m1/s1. The molecule has 4 atom stereocenters. The van der Waals surface area contributed by atoms with E-state index in [0.29, 0.717) is 29.8 Å². The summed E-state index contributed by atoms with van der Waals surface area (Å²) in [6, 6.07) is 3.03. The zero-order valence-corrected chi connectivity index (χ0v) is 17.8. The molecule has 0 spiro atoms. The molecule has 2 aromatic heterocycles. The number of nitrogens with zero attached hydrogens (tertiary/aromatic N) is 4. The molecule has 1 amide bonds. The summed E-state index contributed by atoms with van der Waals surface area (Å²) in [6.45, 7) is 2.10. The number of amides is 1. The van der Waals surface area contributed by atoms with E-state index in [0.717, 1.165) is 42.9 Å². The highest BCUT2D eigenvalue weighted by molar-refractivity contribution is 5.88. The van der Waals surface area contributed by atoms with Crippen LogP contribution in [0.1, 0.15) is 64.2 Å². The van der Waals surface area contributed by atoms with Crippen LogP contribution in [0.4, 0.5) is 5.69 Å². The summed E-state index contributed by atoms with van der Waals surface area (Å²) < 4.78 is 0. The number of pyridine rings is 1. The molecule has 6 nitrogen and oxygen atoms in total. The minimum atomic E-state index is 0.437. The van der Waals surface area contributed by atoms with Crippen LogP contribution in [0, 0.1) is 17.8 Å². The van der Waals surface area contributed by atoms with Crippen LogP contribution in [0.15, 0.2) is 18.5 Å². The van der Waals surface area contributed by atoms with Gasteiger partial charge in [0.15, 0.2) is 5.65 Å². The molecule has 3 aliphatic heterocycles. The lowest BCUT2D eigenvalue weighted by molar-refractivity contribution is -0.149. The van der Waals surface area contributed by atoms with E-state index in [-0.39, 0.29) is 0 Å². The van der Waals surface area contributed by atoms with Crippen molar-refractivity contribution in [2.75, 3.05) is 18.0 Å². The van der Waals surface area contributed by atoms with Gasteiger partial charge in [-0.1, -0.05) is 32.1 Å². The highest BCUT2D eigenvalue weighted by Gasteiger charge is 2.49. The molecule has 0 aromatic carbocycles. The largest absolute Gasteiger partial charge is 0.370 e. The number of hydrogen-bond acceptors (Lipinski definition) is 4. The molecule has 1 saturated carbocycles. The summed E-state index contributed by atoms with van der Waals surface area (Å²) in [7, 11) is 0. The Morgan fingerprint density at radius 3 is 2.83 bits per heavy atom. The van der Waals surface area contributed by atoms with Crippen LogP contribution >= 0.6 is 0 Å². The van der Waals surface area contributed by atoms with Crippen molar-refractivity contribution in [1.29, 1.82) is 0 Å². The quantitative estimate of drug-likeness (QED) is 0.831. The summed E-state index contributed by atoms with van der Waals surface area (Å²) in [5.74, 6) is 2.42. The van der Waals surface area contributed by atoms with Crippen molar-refractivity contribution >= 4 is 22.6 Å². The number of carbonyl (C=O) groups excluding carboxylic acids is 1. The fraction of sp³-hybridized carbons (Fsp3) is 0.708. The van der Waals surface area contributed by atoms with Gasteiger partial charge < -0.3 is 9.80 Å². The number of nitrogens with one attached hydrogen (secondary N) is 1. The molecule has 4 aliphatic rings. The normalized spacial score (nSPS) is 32.5. The van der Waals surface area contributed by atoms with Crippen LogP contribution in [0.5, 0.6) is 0 Å². The topological polar surface area (TPSA) is 65.1 Å². The molecule has 2 aromatic rings. The van der Waals surface area contributed by atoms with Gasteiger partial charge in [-0.15, -0.1) is 0 Å². The molecule has 0 unspecified atom stereocenters. The minimum absolute atomic E-state index is 0.437. The first-order valence-corrected chi connectivity index (χ1v) is 12.1. The number of fused-ring (bicyclic) bond motifs is 5. The summed E-state index contributed by atoms with van der Waals surface area (Å²) >= 11 is 0. The fourth-order valence-corrected chi connectivity index (χ4v) is 7.15. The second-order valence-electron chi connectivity index (χ2n) is 10.2. The predicted octanol–water partition coefficient (Wildman–Crippen LogP) is 4.13. The van der Waals surface area contributed by atoms with Gasteiger partial charge in [-0.25, -0.2) is 4.98 Å². The van der Waals surface area contributed by atoms with E-state index in [4.69, 9.17) is 0 Å². The summed E-state index contributed by atoms with van der Waals surface area (Å²) in [4.78, 5) is 22.5. The molecule has 6 rings (SSSR count). The van der Waals surface area contributed by atoms with E-state index >= 15 is 0 Å². The molecular formula is C24H33N5O. The monoisotopic (exact) mass is 407 g/mol. The average Bonchev–Trinajstić information content (AvgIpc) is 3.26. The first-order valence-electron chi connectivity index (χ1n) is 12.1. The van der Waals surface area contributed by atoms with Crippen LogP contribution in [0.3, 0.4) is 0 Å². The third-order valence-electron chi connectivity index (χ3n) is 8.47. The Morgan fingerprint density at radius 1 is 1.07 bits per heavy atom. The predicted molar refractivity (Wildman–Crippen MR) is 117 cm³/mol. The van der Waals surface area contributed by atoms with Crippen LogP contribution in [0.25, 0.3) is 11.0 Å². The third-order valence-corrected chi connectivity index (χ3v) is 8.47. The molecule has 30 heavy (non-hydrogen) atoms. The van der Waals surface area contributed by atoms with Crippen molar-refractivity contribution in [3.63, 3.8) is 0 Å². The lowest BCUT2D eigenvalue weighted by atomic mass is 9.69. The molecule has 3 saturated heterocycles. The van der Waals surface area contributed by atoms with Crippen LogP contribution in [-0.2, 0) is 4.79 Å². The summed E-state index contributed by atoms with van der Waals surface area (Å²) in [5.41, 5.74) is 2.13. The third kappa shape index (κ3) is 3.10. The Balaban J connectivity index is 1.32. The number of hydrogen-bond donors (Lipinski definition) is 1. The highest BCUT2D eigenvalue weighted by atomic mass is 16.2. The SMILES string of the molecule is O=C1CCC[C@H]2[C@@H]3C[C@@H](CN(c4ccnc5[nH]ncc45)C3)[C@H](CC3CCCCC3)N12. The van der Waals surface area contributed by atoms with Crippen molar-refractivity contribution in [3.8, 4) is 0 Å². The van der Waals surface area contributed by atoms with Gasteiger partial charge in [0.1, 0.15) is 0 Å². The van der Waals surface area contributed by atoms with Gasteiger partial charge in [0.2, 0.25) is 5.91 Å². The molecule has 6 heteroatoms. The Kier molecular flexibility index (Phi) is 4.69. The Bertz CT molecular complexity index is 919. The Morgan fingerprint density at radius 2 is 1.93 bits per heavy atom. The fourth-order valence-electron chi connectivity index (χ4n) is 7.15. The Hall–Kier alpha value is -2.11. The van der Waals surface area contributed by atoms with Gasteiger partial charge in [-0.05, 0) is 49.5 Å². The number of H-pyrrole nitrogens is 1. The van der Waals surface area contributed by atoms with Crippen molar-refractivity contribution < 1.29 is 4.79 Å². The molecule has 1 N–H and O–H groups in total. The van der Waals surface area contributed by atoms with Gasteiger partial charge in [0.05, 0.1) is 17.3 Å². The first kappa shape index (κ1) is 18.6. The van der Waals surface area contributed by atoms with E-state index in [1.54, 1.807) is 0 Å². The van der Waals surface area contributed by atoms with E-state index in [9.17, 15) is 4.79 Å². The summed E-state index contributed by atoms with van der Waals surface area (Å²) in [5, 5.41) is 8.38. The maximum absolute atomic E-state index is 13.1. The van der Waals surface area contributed by atoms with Crippen LogP contribution < -0.4 is 4.90 Å².